The van der Waals surface area contributed by atoms with Crippen molar-refractivity contribution in [3.05, 3.63) is 108 Å². The molecule has 0 radical (unpaired) electrons. The van der Waals surface area contributed by atoms with Crippen molar-refractivity contribution < 1.29 is 31.1 Å². The van der Waals surface area contributed by atoms with Crippen LogP contribution in [-0.2, 0) is 12.4 Å². The lowest BCUT2D eigenvalue weighted by Gasteiger charge is -2.16. The Balaban J connectivity index is 1.29. The third-order valence-electron chi connectivity index (χ3n) is 6.81. The van der Waals surface area contributed by atoms with E-state index in [1.165, 1.54) is 0 Å². The summed E-state index contributed by atoms with van der Waals surface area (Å²) in [7, 11) is 1.71. The van der Waals surface area contributed by atoms with Crippen LogP contribution in [0.1, 0.15) is 11.1 Å². The highest BCUT2D eigenvalue weighted by atomic mass is 19.4. The molecule has 0 atom stereocenters. The van der Waals surface area contributed by atoms with Gasteiger partial charge in [-0.1, -0.05) is 24.3 Å². The number of ether oxygens (including phenoxy) is 1. The summed E-state index contributed by atoms with van der Waals surface area (Å²) in [5.41, 5.74) is -1.55. The second kappa shape index (κ2) is 12.0. The molecule has 3 aromatic carbocycles. The van der Waals surface area contributed by atoms with Crippen molar-refractivity contribution in [2.75, 3.05) is 17.7 Å². The van der Waals surface area contributed by atoms with Crippen molar-refractivity contribution in [3.63, 3.8) is 0 Å². The Morgan fingerprint density at radius 2 is 1.39 bits per heavy atom. The molecule has 0 bridgehead atoms. The summed E-state index contributed by atoms with van der Waals surface area (Å²) in [4.78, 5) is 12.9. The maximum Gasteiger partial charge on any atom is 0.416 e. The van der Waals surface area contributed by atoms with Gasteiger partial charge in [-0.05, 0) is 60.7 Å². The number of aromatic nitrogens is 5. The van der Waals surface area contributed by atoms with Crippen molar-refractivity contribution >= 4 is 28.2 Å². The van der Waals surface area contributed by atoms with Crippen LogP contribution in [0.4, 0.5) is 43.8 Å². The van der Waals surface area contributed by atoms with E-state index >= 15 is 0 Å². The molecule has 6 rings (SSSR count). The molecule has 0 saturated heterocycles. The number of pyridine rings is 1. The zero-order chi connectivity index (χ0) is 32.5. The van der Waals surface area contributed by atoms with Gasteiger partial charge in [-0.25, -0.2) is 15.0 Å². The normalized spacial score (nSPS) is 11.8. The number of benzene rings is 3. The maximum absolute atomic E-state index is 13.5. The Morgan fingerprint density at radius 3 is 2.07 bits per heavy atom. The summed E-state index contributed by atoms with van der Waals surface area (Å²) in [5.74, 6) is 1.46. The molecule has 3 heterocycles. The predicted molar refractivity (Wildman–Crippen MR) is 160 cm³/mol. The Hall–Kier alpha value is -5.79. The van der Waals surface area contributed by atoms with Gasteiger partial charge < -0.3 is 15.4 Å². The zero-order valence-corrected chi connectivity index (χ0v) is 23.6. The van der Waals surface area contributed by atoms with E-state index in [-0.39, 0.29) is 23.1 Å². The van der Waals surface area contributed by atoms with Gasteiger partial charge in [0.25, 0.3) is 0 Å². The van der Waals surface area contributed by atoms with Crippen LogP contribution in [0.5, 0.6) is 11.6 Å². The van der Waals surface area contributed by atoms with Crippen LogP contribution < -0.4 is 15.4 Å². The van der Waals surface area contributed by atoms with Crippen LogP contribution in [-0.4, -0.2) is 32.2 Å². The van der Waals surface area contributed by atoms with Crippen LogP contribution in [0.2, 0.25) is 0 Å². The number of hydrogen-bond acceptors (Lipinski definition) is 8. The molecule has 0 aliphatic rings. The number of anilines is 3. The van der Waals surface area contributed by atoms with E-state index in [0.717, 1.165) is 0 Å². The SMILES string of the molecule is CNc1nccc(-c2cccnc2Oc2ccc(Nc3nnc(-c4cc(C(F)(F)F)cc(C(F)(F)F)c4)c4ccccc34)cc2)n1. The molecule has 232 valence electrons. The molecule has 0 aliphatic carbocycles. The maximum atomic E-state index is 13.5. The van der Waals surface area contributed by atoms with Crippen molar-refractivity contribution in [2.24, 2.45) is 0 Å². The lowest BCUT2D eigenvalue weighted by Crippen LogP contribution is -2.11. The first-order valence-electron chi connectivity index (χ1n) is 13.6. The topological polar surface area (TPSA) is 97.7 Å². The molecule has 2 N–H and O–H groups in total. The van der Waals surface area contributed by atoms with Crippen molar-refractivity contribution in [2.45, 2.75) is 12.4 Å². The molecule has 0 aliphatic heterocycles. The molecule has 0 amide bonds. The standard InChI is InChI=1S/C32H21F6N7O/c1-39-30-41-14-12-26(43-30)25-7-4-13-40-29(25)46-22-10-8-21(9-11-22)42-28-24-6-3-2-5-23(24)27(44-45-28)18-15-19(31(33,34)35)17-20(16-18)32(36,37)38/h2-17H,1H3,(H,42,45)(H,39,41,43). The van der Waals surface area contributed by atoms with Gasteiger partial charge in [0, 0.05) is 41.5 Å². The van der Waals surface area contributed by atoms with Gasteiger partial charge in [-0.2, -0.15) is 26.3 Å². The van der Waals surface area contributed by atoms with Crippen LogP contribution in [0, 0.1) is 0 Å². The fourth-order valence-corrected chi connectivity index (χ4v) is 4.65. The summed E-state index contributed by atoms with van der Waals surface area (Å²) >= 11 is 0. The minimum atomic E-state index is -5.00. The fraction of sp³-hybridized carbons (Fsp3) is 0.0938. The monoisotopic (exact) mass is 633 g/mol. The largest absolute Gasteiger partial charge is 0.438 e. The zero-order valence-electron chi connectivity index (χ0n) is 23.6. The van der Waals surface area contributed by atoms with Gasteiger partial charge in [-0.3, -0.25) is 0 Å². The van der Waals surface area contributed by atoms with Gasteiger partial charge in [0.2, 0.25) is 11.8 Å². The first-order chi connectivity index (χ1) is 22.0. The van der Waals surface area contributed by atoms with Crippen LogP contribution in [0.15, 0.2) is 97.3 Å². The first kappa shape index (κ1) is 30.2. The second-order valence-electron chi connectivity index (χ2n) is 9.86. The van der Waals surface area contributed by atoms with E-state index in [9.17, 15) is 26.3 Å². The Kier molecular flexibility index (Phi) is 7.86. The lowest BCUT2D eigenvalue weighted by molar-refractivity contribution is -0.143. The van der Waals surface area contributed by atoms with E-state index < -0.39 is 23.5 Å². The highest BCUT2D eigenvalue weighted by Crippen LogP contribution is 2.40. The van der Waals surface area contributed by atoms with Gasteiger partial charge >= 0.3 is 12.4 Å². The van der Waals surface area contributed by atoms with Crippen molar-refractivity contribution in [1.82, 2.24) is 25.1 Å². The van der Waals surface area contributed by atoms with E-state index in [4.69, 9.17) is 4.74 Å². The average Bonchev–Trinajstić information content (AvgIpc) is 3.05. The summed E-state index contributed by atoms with van der Waals surface area (Å²) in [5, 5.41) is 14.9. The third-order valence-corrected chi connectivity index (χ3v) is 6.81. The van der Waals surface area contributed by atoms with Crippen LogP contribution in [0.3, 0.4) is 0 Å². The molecule has 46 heavy (non-hydrogen) atoms. The summed E-state index contributed by atoms with van der Waals surface area (Å²) < 4.78 is 87.1. The highest BCUT2D eigenvalue weighted by Gasteiger charge is 2.37. The molecule has 0 unspecified atom stereocenters. The molecular formula is C32H21F6N7O. The van der Waals surface area contributed by atoms with Crippen LogP contribution in [0.25, 0.3) is 33.3 Å². The molecular weight excluding hydrogens is 612 g/mol. The molecule has 0 spiro atoms. The average molecular weight is 634 g/mol. The Morgan fingerprint density at radius 1 is 0.696 bits per heavy atom. The number of hydrogen-bond donors (Lipinski definition) is 2. The number of halogens is 6. The van der Waals surface area contributed by atoms with E-state index in [0.29, 0.717) is 57.4 Å². The predicted octanol–water partition coefficient (Wildman–Crippen LogP) is 8.76. The van der Waals surface area contributed by atoms with Gasteiger partial charge in [0.05, 0.1) is 22.4 Å². The quantitative estimate of drug-likeness (QED) is 0.169. The second-order valence-corrected chi connectivity index (χ2v) is 9.86. The van der Waals surface area contributed by atoms with Gasteiger partial charge in [0.1, 0.15) is 11.4 Å². The van der Waals surface area contributed by atoms with E-state index in [1.807, 2.05) is 6.07 Å². The third kappa shape index (κ3) is 6.36. The van der Waals surface area contributed by atoms with Gasteiger partial charge in [0.15, 0.2) is 5.82 Å². The number of rotatable bonds is 7. The fourth-order valence-electron chi connectivity index (χ4n) is 4.65. The van der Waals surface area contributed by atoms with Crippen molar-refractivity contribution in [3.8, 4) is 34.1 Å². The van der Waals surface area contributed by atoms with Crippen molar-refractivity contribution in [1.29, 1.82) is 0 Å². The lowest BCUT2D eigenvalue weighted by atomic mass is 9.99. The highest BCUT2D eigenvalue weighted by molar-refractivity contribution is 6.01. The summed E-state index contributed by atoms with van der Waals surface area (Å²) in [6.07, 6.45) is -6.79. The first-order valence-corrected chi connectivity index (χ1v) is 13.6. The smallest absolute Gasteiger partial charge is 0.416 e. The summed E-state index contributed by atoms with van der Waals surface area (Å²) in [6.45, 7) is 0. The number of alkyl halides is 6. The number of nitrogens with zero attached hydrogens (tertiary/aromatic N) is 5. The van der Waals surface area contributed by atoms with E-state index in [1.54, 1.807) is 80.1 Å². The Bertz CT molecular complexity index is 2000. The van der Waals surface area contributed by atoms with E-state index in [2.05, 4.69) is 35.8 Å². The Labute approximate surface area is 257 Å². The number of fused-ring (bicyclic) bond motifs is 1. The minimum absolute atomic E-state index is 0.0762. The molecule has 6 aromatic rings. The minimum Gasteiger partial charge on any atom is -0.438 e. The number of nitrogens with one attached hydrogen (secondary N) is 2. The molecule has 8 nitrogen and oxygen atoms in total. The molecule has 0 fully saturated rings. The molecule has 14 heteroatoms. The molecule has 0 saturated carbocycles. The molecule has 3 aromatic heterocycles. The van der Waals surface area contributed by atoms with Gasteiger partial charge in [-0.15, -0.1) is 10.2 Å². The summed E-state index contributed by atoms with van der Waals surface area (Å²) in [6, 6.07) is 19.9. The van der Waals surface area contributed by atoms with Crippen LogP contribution >= 0.6 is 0 Å².